The van der Waals surface area contributed by atoms with Gasteiger partial charge in [-0.3, -0.25) is 9.35 Å². The van der Waals surface area contributed by atoms with Gasteiger partial charge in [-0.2, -0.15) is 18.5 Å². The van der Waals surface area contributed by atoms with E-state index in [9.17, 15) is 13.2 Å². The van der Waals surface area contributed by atoms with Gasteiger partial charge in [-0.25, -0.2) is 0 Å². The van der Waals surface area contributed by atoms with Crippen LogP contribution in [0.3, 0.4) is 0 Å². The van der Waals surface area contributed by atoms with Crippen LogP contribution >= 0.6 is 23.2 Å². The van der Waals surface area contributed by atoms with Gasteiger partial charge in [0.1, 0.15) is 4.90 Å². The second-order valence-corrected chi connectivity index (χ2v) is 6.32. The summed E-state index contributed by atoms with van der Waals surface area (Å²) in [4.78, 5) is 11.3. The van der Waals surface area contributed by atoms with Crippen molar-refractivity contribution in [3.8, 4) is 0 Å². The Morgan fingerprint density at radius 2 is 2.05 bits per heavy atom. The minimum absolute atomic E-state index is 0.0185. The Bertz CT molecular complexity index is 715. The van der Waals surface area contributed by atoms with Crippen LogP contribution < -0.4 is 5.01 Å². The molecule has 0 aromatic heterocycles. The van der Waals surface area contributed by atoms with Crippen molar-refractivity contribution in [3.63, 3.8) is 0 Å². The number of hydrazone groups is 1. The zero-order chi connectivity index (χ0) is 15.1. The fourth-order valence-corrected chi connectivity index (χ4v) is 3.12. The number of carbonyl (C=O) groups is 1. The number of rotatable bonds is 3. The number of amides is 1. The zero-order valence-corrected chi connectivity index (χ0v) is 12.6. The molecule has 0 atom stereocenters. The van der Waals surface area contributed by atoms with E-state index in [-0.39, 0.29) is 28.1 Å². The molecule has 0 saturated heterocycles. The molecule has 0 bridgehead atoms. The number of carbonyl (C=O) groups excluding carboxylic acids is 1. The zero-order valence-electron chi connectivity index (χ0n) is 10.3. The summed E-state index contributed by atoms with van der Waals surface area (Å²) in [7, 11) is -4.55. The van der Waals surface area contributed by atoms with Crippen molar-refractivity contribution >= 4 is 50.6 Å². The lowest BCUT2D eigenvalue weighted by atomic mass is 10.2. The molecular weight excluding hydrogens is 327 g/mol. The standard InChI is InChI=1S/C11H10Cl2N2O4S/c1-2-7-5-10(16)15(14-7)8-3-6(12)4-9(11(8)13)20(17,18)19/h3-4H,2,5H2,1H3,(H,17,18,19). The SMILES string of the molecule is CCC1=NN(c2cc(Cl)cc(S(=O)(=O)O)c2Cl)C(=O)C1. The average molecular weight is 337 g/mol. The van der Waals surface area contributed by atoms with Crippen LogP contribution in [0.15, 0.2) is 22.1 Å². The second-order valence-electron chi connectivity index (χ2n) is 4.11. The normalized spacial score (nSPS) is 15.7. The molecule has 0 saturated carbocycles. The lowest BCUT2D eigenvalue weighted by molar-refractivity contribution is -0.116. The molecule has 6 nitrogen and oxygen atoms in total. The maximum absolute atomic E-state index is 11.9. The summed E-state index contributed by atoms with van der Waals surface area (Å²) in [5, 5.41) is 4.78. The van der Waals surface area contributed by atoms with Crippen molar-refractivity contribution in [2.45, 2.75) is 24.7 Å². The summed E-state index contributed by atoms with van der Waals surface area (Å²) in [6.07, 6.45) is 0.728. The maximum atomic E-state index is 11.9. The Morgan fingerprint density at radius 3 is 2.55 bits per heavy atom. The van der Waals surface area contributed by atoms with Crippen molar-refractivity contribution in [1.82, 2.24) is 0 Å². The first-order chi connectivity index (χ1) is 9.24. The van der Waals surface area contributed by atoms with Gasteiger partial charge < -0.3 is 0 Å². The van der Waals surface area contributed by atoms with Gasteiger partial charge in [-0.15, -0.1) is 0 Å². The number of nitrogens with zero attached hydrogens (tertiary/aromatic N) is 2. The molecule has 108 valence electrons. The average Bonchev–Trinajstić information content (AvgIpc) is 2.71. The first-order valence-electron chi connectivity index (χ1n) is 5.60. The lowest BCUT2D eigenvalue weighted by Crippen LogP contribution is -2.20. The molecule has 1 amide bonds. The van der Waals surface area contributed by atoms with Crippen molar-refractivity contribution in [3.05, 3.63) is 22.2 Å². The van der Waals surface area contributed by atoms with Crippen molar-refractivity contribution in [1.29, 1.82) is 0 Å². The van der Waals surface area contributed by atoms with Crippen LogP contribution in [0, 0.1) is 0 Å². The van der Waals surface area contributed by atoms with Gasteiger partial charge in [-0.05, 0) is 18.6 Å². The Morgan fingerprint density at radius 1 is 1.40 bits per heavy atom. The van der Waals surface area contributed by atoms with Gasteiger partial charge in [0.25, 0.3) is 16.0 Å². The quantitative estimate of drug-likeness (QED) is 0.859. The molecule has 1 aromatic carbocycles. The molecule has 0 fully saturated rings. The molecule has 20 heavy (non-hydrogen) atoms. The monoisotopic (exact) mass is 336 g/mol. The first-order valence-corrected chi connectivity index (χ1v) is 7.79. The molecule has 2 rings (SSSR count). The Hall–Kier alpha value is -1.15. The Labute approximate surface area is 125 Å². The van der Waals surface area contributed by atoms with E-state index in [1.807, 2.05) is 6.92 Å². The fraction of sp³-hybridized carbons (Fsp3) is 0.273. The van der Waals surface area contributed by atoms with Gasteiger partial charge >= 0.3 is 0 Å². The van der Waals surface area contributed by atoms with E-state index in [0.29, 0.717) is 12.1 Å². The molecule has 0 aliphatic carbocycles. The molecule has 0 spiro atoms. The summed E-state index contributed by atoms with van der Waals surface area (Å²) in [5.41, 5.74) is 0.680. The number of benzene rings is 1. The van der Waals surface area contributed by atoms with Crippen molar-refractivity contribution < 1.29 is 17.8 Å². The Kier molecular flexibility index (Phi) is 4.06. The number of anilines is 1. The van der Waals surface area contributed by atoms with Gasteiger partial charge in [-0.1, -0.05) is 30.1 Å². The Balaban J connectivity index is 2.62. The van der Waals surface area contributed by atoms with Gasteiger partial charge in [0.2, 0.25) is 0 Å². The molecule has 9 heteroatoms. The summed E-state index contributed by atoms with van der Waals surface area (Å²) in [5.74, 6) is -0.340. The summed E-state index contributed by atoms with van der Waals surface area (Å²) >= 11 is 11.7. The second kappa shape index (κ2) is 5.33. The molecule has 1 heterocycles. The molecule has 0 unspecified atom stereocenters. The molecular formula is C11H10Cl2N2O4S. The summed E-state index contributed by atoms with van der Waals surface area (Å²) in [6, 6.07) is 2.33. The minimum Gasteiger partial charge on any atom is -0.282 e. The number of hydrogen-bond donors (Lipinski definition) is 1. The highest BCUT2D eigenvalue weighted by Gasteiger charge is 2.29. The predicted octanol–water partition coefficient (Wildman–Crippen LogP) is 2.74. The third-order valence-electron chi connectivity index (χ3n) is 2.73. The van der Waals surface area contributed by atoms with Gasteiger partial charge in [0.05, 0.1) is 17.1 Å². The highest BCUT2D eigenvalue weighted by Crippen LogP contribution is 2.37. The van der Waals surface area contributed by atoms with Crippen molar-refractivity contribution in [2.24, 2.45) is 5.10 Å². The van der Waals surface area contributed by atoms with Gasteiger partial charge in [0.15, 0.2) is 0 Å². The van der Waals surface area contributed by atoms with E-state index < -0.39 is 15.0 Å². The minimum atomic E-state index is -4.55. The first kappa shape index (κ1) is 15.2. The number of hydrogen-bond acceptors (Lipinski definition) is 4. The van der Waals surface area contributed by atoms with E-state index in [4.69, 9.17) is 27.8 Å². The molecule has 0 radical (unpaired) electrons. The van der Waals surface area contributed by atoms with Crippen LogP contribution in [-0.2, 0) is 14.9 Å². The fourth-order valence-electron chi connectivity index (χ4n) is 1.76. The van der Waals surface area contributed by atoms with Crippen LogP contribution in [0.4, 0.5) is 5.69 Å². The highest BCUT2D eigenvalue weighted by molar-refractivity contribution is 7.86. The molecule has 1 aromatic rings. The van der Waals surface area contributed by atoms with E-state index in [2.05, 4.69) is 5.10 Å². The summed E-state index contributed by atoms with van der Waals surface area (Å²) in [6.45, 7) is 1.85. The highest BCUT2D eigenvalue weighted by atomic mass is 35.5. The van der Waals surface area contributed by atoms with E-state index in [0.717, 1.165) is 11.1 Å². The maximum Gasteiger partial charge on any atom is 0.296 e. The van der Waals surface area contributed by atoms with E-state index in [1.165, 1.54) is 6.07 Å². The van der Waals surface area contributed by atoms with E-state index in [1.54, 1.807) is 0 Å². The predicted molar refractivity (Wildman–Crippen MR) is 76.1 cm³/mol. The molecule has 1 aliphatic heterocycles. The molecule has 1 aliphatic rings. The van der Waals surface area contributed by atoms with Crippen molar-refractivity contribution in [2.75, 3.05) is 5.01 Å². The topological polar surface area (TPSA) is 87.0 Å². The molecule has 1 N–H and O–H groups in total. The largest absolute Gasteiger partial charge is 0.296 e. The van der Waals surface area contributed by atoms with Crippen LogP contribution in [0.1, 0.15) is 19.8 Å². The van der Waals surface area contributed by atoms with Crippen LogP contribution in [0.25, 0.3) is 0 Å². The number of halogens is 2. The van der Waals surface area contributed by atoms with Gasteiger partial charge in [0, 0.05) is 10.7 Å². The van der Waals surface area contributed by atoms with Crippen LogP contribution in [-0.4, -0.2) is 24.6 Å². The summed E-state index contributed by atoms with van der Waals surface area (Å²) < 4.78 is 31.6. The smallest absolute Gasteiger partial charge is 0.282 e. The third kappa shape index (κ3) is 2.80. The van der Waals surface area contributed by atoms with Crippen LogP contribution in [0.2, 0.25) is 10.0 Å². The van der Waals surface area contributed by atoms with E-state index >= 15 is 0 Å². The lowest BCUT2D eigenvalue weighted by Gasteiger charge is -2.15. The third-order valence-corrected chi connectivity index (χ3v) is 4.34. The van der Waals surface area contributed by atoms with Crippen LogP contribution in [0.5, 0.6) is 0 Å².